The second kappa shape index (κ2) is 9.22. The normalized spacial score (nSPS) is 10.3. The van der Waals surface area contributed by atoms with Gasteiger partial charge in [-0.15, -0.1) is 0 Å². The number of nitrogens with one attached hydrogen (secondary N) is 2. The highest BCUT2D eigenvalue weighted by molar-refractivity contribution is 7.82. The van der Waals surface area contributed by atoms with Crippen molar-refractivity contribution in [2.45, 2.75) is 6.92 Å². The molecule has 2 N–H and O–H groups in total. The van der Waals surface area contributed by atoms with E-state index in [0.29, 0.717) is 32.7 Å². The summed E-state index contributed by atoms with van der Waals surface area (Å²) < 4.78 is 1.13. The van der Waals surface area contributed by atoms with Crippen molar-refractivity contribution in [3.63, 3.8) is 0 Å². The summed E-state index contributed by atoms with van der Waals surface area (Å²) in [7, 11) is 0. The van der Waals surface area contributed by atoms with Gasteiger partial charge in [-0.25, -0.2) is 9.10 Å². The maximum Gasteiger partial charge on any atom is 0.336 e. The standard InChI is InChI=1S/C21H17Cl2N3O2S/c1-13-7-8-14(20(27)24-17-5-3-2-4-6-17)9-19(13)26(29)21(28)25-18-11-15(22)10-16(23)12-18/h2-12,29H,1H3,(H,24,27)(H,25,28). The summed E-state index contributed by atoms with van der Waals surface area (Å²) in [5.74, 6) is -0.291. The molecule has 5 nitrogen and oxygen atoms in total. The number of para-hydroxylation sites is 1. The van der Waals surface area contributed by atoms with Gasteiger partial charge in [0.1, 0.15) is 0 Å². The molecule has 0 fully saturated rings. The fourth-order valence-corrected chi connectivity index (χ4v) is 3.41. The molecule has 3 amide bonds. The molecule has 3 aromatic carbocycles. The number of aryl methyl sites for hydroxylation is 1. The van der Waals surface area contributed by atoms with Crippen molar-refractivity contribution in [3.8, 4) is 0 Å². The van der Waals surface area contributed by atoms with E-state index in [9.17, 15) is 9.59 Å². The quantitative estimate of drug-likeness (QED) is 0.404. The molecule has 0 saturated carbocycles. The van der Waals surface area contributed by atoms with E-state index >= 15 is 0 Å². The lowest BCUT2D eigenvalue weighted by Crippen LogP contribution is -2.27. The van der Waals surface area contributed by atoms with E-state index in [4.69, 9.17) is 23.2 Å². The van der Waals surface area contributed by atoms with Crippen LogP contribution in [-0.4, -0.2) is 11.9 Å². The Morgan fingerprint density at radius 2 is 1.52 bits per heavy atom. The number of carbonyl (C=O) groups is 2. The zero-order valence-electron chi connectivity index (χ0n) is 15.3. The maximum atomic E-state index is 12.6. The SMILES string of the molecule is Cc1ccc(C(=O)Nc2ccccc2)cc1N(S)C(=O)Nc1cc(Cl)cc(Cl)c1. The van der Waals surface area contributed by atoms with E-state index in [1.165, 1.54) is 0 Å². The Hall–Kier alpha value is -2.67. The highest BCUT2D eigenvalue weighted by Crippen LogP contribution is 2.27. The van der Waals surface area contributed by atoms with E-state index in [1.54, 1.807) is 48.5 Å². The fraction of sp³-hybridized carbons (Fsp3) is 0.0476. The number of thiol groups is 1. The predicted octanol–water partition coefficient (Wildman–Crippen LogP) is 6.44. The minimum absolute atomic E-state index is 0.291. The molecule has 3 rings (SSSR count). The Labute approximate surface area is 184 Å². The third-order valence-electron chi connectivity index (χ3n) is 4.04. The van der Waals surface area contributed by atoms with Crippen LogP contribution in [0, 0.1) is 6.92 Å². The molecule has 0 bridgehead atoms. The summed E-state index contributed by atoms with van der Waals surface area (Å²) in [6.45, 7) is 1.82. The van der Waals surface area contributed by atoms with Crippen molar-refractivity contribution in [1.82, 2.24) is 0 Å². The molecule has 0 atom stereocenters. The highest BCUT2D eigenvalue weighted by atomic mass is 35.5. The molecule has 0 unspecified atom stereocenters. The number of anilines is 3. The molecule has 0 radical (unpaired) electrons. The summed E-state index contributed by atoms with van der Waals surface area (Å²) in [4.78, 5) is 25.2. The molecular weight excluding hydrogens is 429 g/mol. The number of hydrogen-bond acceptors (Lipinski definition) is 3. The van der Waals surface area contributed by atoms with E-state index in [1.807, 2.05) is 25.1 Å². The number of urea groups is 1. The van der Waals surface area contributed by atoms with E-state index < -0.39 is 6.03 Å². The van der Waals surface area contributed by atoms with Gasteiger partial charge in [0.15, 0.2) is 0 Å². The fourth-order valence-electron chi connectivity index (χ4n) is 2.62. The first kappa shape index (κ1) is 21.0. The second-order valence-corrected chi connectivity index (χ2v) is 7.49. The average Bonchev–Trinajstić information content (AvgIpc) is 2.67. The van der Waals surface area contributed by atoms with Crippen LogP contribution in [0.4, 0.5) is 21.9 Å². The van der Waals surface area contributed by atoms with Gasteiger partial charge in [-0.2, -0.15) is 0 Å². The minimum atomic E-state index is -0.518. The Morgan fingerprint density at radius 3 is 2.17 bits per heavy atom. The minimum Gasteiger partial charge on any atom is -0.322 e. The molecule has 0 aliphatic heterocycles. The summed E-state index contributed by atoms with van der Waals surface area (Å²) >= 11 is 16.2. The number of amides is 3. The van der Waals surface area contributed by atoms with Crippen LogP contribution in [0.1, 0.15) is 15.9 Å². The van der Waals surface area contributed by atoms with Gasteiger partial charge in [0, 0.05) is 27.0 Å². The molecule has 0 spiro atoms. The summed E-state index contributed by atoms with van der Waals surface area (Å²) in [6.07, 6.45) is 0. The molecule has 0 aliphatic rings. The topological polar surface area (TPSA) is 61.4 Å². The van der Waals surface area contributed by atoms with Crippen LogP contribution in [0.3, 0.4) is 0 Å². The van der Waals surface area contributed by atoms with Crippen molar-refractivity contribution in [3.05, 3.63) is 87.9 Å². The second-order valence-electron chi connectivity index (χ2n) is 6.22. The van der Waals surface area contributed by atoms with Crippen LogP contribution in [0.2, 0.25) is 10.0 Å². The molecule has 0 aromatic heterocycles. The van der Waals surface area contributed by atoms with E-state index in [2.05, 4.69) is 23.4 Å². The van der Waals surface area contributed by atoms with Crippen molar-refractivity contribution in [2.75, 3.05) is 14.9 Å². The Balaban J connectivity index is 1.79. The smallest absolute Gasteiger partial charge is 0.322 e. The number of rotatable bonds is 4. The lowest BCUT2D eigenvalue weighted by molar-refractivity contribution is 0.102. The summed E-state index contributed by atoms with van der Waals surface area (Å²) in [5.41, 5.74) is 2.75. The molecule has 3 aromatic rings. The van der Waals surface area contributed by atoms with Crippen LogP contribution in [0.15, 0.2) is 66.7 Å². The Kier molecular flexibility index (Phi) is 6.69. The first-order valence-corrected chi connectivity index (χ1v) is 9.72. The lowest BCUT2D eigenvalue weighted by atomic mass is 10.1. The third-order valence-corrected chi connectivity index (χ3v) is 4.87. The van der Waals surface area contributed by atoms with Crippen molar-refractivity contribution in [2.24, 2.45) is 0 Å². The van der Waals surface area contributed by atoms with E-state index in [-0.39, 0.29) is 5.91 Å². The zero-order chi connectivity index (χ0) is 21.0. The first-order chi connectivity index (χ1) is 13.8. The average molecular weight is 446 g/mol. The van der Waals surface area contributed by atoms with Gasteiger partial charge in [-0.05, 0) is 55.0 Å². The highest BCUT2D eigenvalue weighted by Gasteiger charge is 2.17. The molecule has 8 heteroatoms. The largest absolute Gasteiger partial charge is 0.336 e. The molecule has 148 valence electrons. The molecule has 0 saturated heterocycles. The third kappa shape index (κ3) is 5.44. The Bertz CT molecular complexity index is 1040. The summed E-state index contributed by atoms with van der Waals surface area (Å²) in [6, 6.07) is 18.3. The summed E-state index contributed by atoms with van der Waals surface area (Å²) in [5, 5.41) is 6.29. The van der Waals surface area contributed by atoms with Gasteiger partial charge in [0.2, 0.25) is 0 Å². The van der Waals surface area contributed by atoms with Crippen LogP contribution in [0.25, 0.3) is 0 Å². The molecular formula is C21H17Cl2N3O2S. The van der Waals surface area contributed by atoms with Gasteiger partial charge < -0.3 is 10.6 Å². The van der Waals surface area contributed by atoms with Crippen molar-refractivity contribution < 1.29 is 9.59 Å². The number of nitrogens with zero attached hydrogens (tertiary/aromatic N) is 1. The zero-order valence-corrected chi connectivity index (χ0v) is 17.7. The van der Waals surface area contributed by atoms with Gasteiger partial charge in [0.25, 0.3) is 5.91 Å². The van der Waals surface area contributed by atoms with Gasteiger partial charge in [-0.3, -0.25) is 4.79 Å². The monoisotopic (exact) mass is 445 g/mol. The van der Waals surface area contributed by atoms with E-state index in [0.717, 1.165) is 9.87 Å². The number of hydrogen-bond donors (Lipinski definition) is 3. The van der Waals surface area contributed by atoms with Crippen LogP contribution in [-0.2, 0) is 0 Å². The van der Waals surface area contributed by atoms with Gasteiger partial charge in [-0.1, -0.05) is 60.3 Å². The van der Waals surface area contributed by atoms with Gasteiger partial charge >= 0.3 is 6.03 Å². The molecule has 29 heavy (non-hydrogen) atoms. The van der Waals surface area contributed by atoms with Crippen molar-refractivity contribution in [1.29, 1.82) is 0 Å². The van der Waals surface area contributed by atoms with Crippen LogP contribution >= 0.6 is 36.0 Å². The van der Waals surface area contributed by atoms with Gasteiger partial charge in [0.05, 0.1) is 5.69 Å². The number of halogens is 2. The molecule has 0 aliphatic carbocycles. The van der Waals surface area contributed by atoms with Crippen LogP contribution < -0.4 is 14.9 Å². The number of carbonyl (C=O) groups excluding carboxylic acids is 2. The maximum absolute atomic E-state index is 12.6. The lowest BCUT2D eigenvalue weighted by Gasteiger charge is -2.20. The van der Waals surface area contributed by atoms with Crippen LogP contribution in [0.5, 0.6) is 0 Å². The number of benzene rings is 3. The van der Waals surface area contributed by atoms with Crippen molar-refractivity contribution >= 4 is 65.0 Å². The first-order valence-electron chi connectivity index (χ1n) is 8.56. The Morgan fingerprint density at radius 1 is 0.862 bits per heavy atom. The molecule has 0 heterocycles. The predicted molar refractivity (Wildman–Crippen MR) is 123 cm³/mol.